The molecule has 1 N–H and O–H groups in total. The molecule has 1 aromatic heterocycles. The summed E-state index contributed by atoms with van der Waals surface area (Å²) in [5.41, 5.74) is 2.12. The minimum Gasteiger partial charge on any atom is -0.490 e. The average Bonchev–Trinajstić information content (AvgIpc) is 2.82. The molecule has 2 aliphatic heterocycles. The fourth-order valence-corrected chi connectivity index (χ4v) is 3.09. The lowest BCUT2D eigenvalue weighted by Crippen LogP contribution is -2.20. The molecular weight excluding hydrogens is 292 g/mol. The Labute approximate surface area is 134 Å². The number of anilines is 1. The van der Waals surface area contributed by atoms with Crippen LogP contribution in [0.15, 0.2) is 30.5 Å². The zero-order valence-electron chi connectivity index (χ0n) is 13.1. The molecule has 2 unspecified atom stereocenters. The normalized spacial score (nSPS) is 21.9. The van der Waals surface area contributed by atoms with Gasteiger partial charge in [0.1, 0.15) is 29.2 Å². The third-order valence-electron chi connectivity index (χ3n) is 4.59. The number of hydrogen-bond acceptors (Lipinski definition) is 4. The van der Waals surface area contributed by atoms with E-state index in [1.54, 1.807) is 6.20 Å². The number of rotatable bonds is 2. The van der Waals surface area contributed by atoms with E-state index in [0.29, 0.717) is 24.6 Å². The van der Waals surface area contributed by atoms with E-state index in [-0.39, 0.29) is 12.0 Å². The lowest BCUT2D eigenvalue weighted by atomic mass is 9.98. The van der Waals surface area contributed by atoms with Crippen LogP contribution in [0.5, 0.6) is 17.2 Å². The summed E-state index contributed by atoms with van der Waals surface area (Å²) in [5.74, 6) is 3.40. The van der Waals surface area contributed by atoms with Gasteiger partial charge in [0, 0.05) is 29.7 Å². The van der Waals surface area contributed by atoms with Crippen molar-refractivity contribution in [2.45, 2.75) is 38.7 Å². The van der Waals surface area contributed by atoms with Crippen LogP contribution < -0.4 is 14.8 Å². The summed E-state index contributed by atoms with van der Waals surface area (Å²) in [7, 11) is 0. The van der Waals surface area contributed by atoms with Crippen LogP contribution in [0.4, 0.5) is 5.82 Å². The summed E-state index contributed by atoms with van der Waals surface area (Å²) in [4.78, 5) is 15.7. The maximum Gasteiger partial charge on any atom is 0.225 e. The Hall–Kier alpha value is -2.56. The molecule has 0 saturated carbocycles. The summed E-state index contributed by atoms with van der Waals surface area (Å²) in [6.45, 7) is 4.23. The van der Waals surface area contributed by atoms with Crippen molar-refractivity contribution in [2.24, 2.45) is 0 Å². The molecule has 23 heavy (non-hydrogen) atoms. The Balaban J connectivity index is 1.65. The number of amides is 1. The van der Waals surface area contributed by atoms with E-state index in [4.69, 9.17) is 9.47 Å². The number of pyridine rings is 1. The van der Waals surface area contributed by atoms with Gasteiger partial charge in [0.15, 0.2) is 0 Å². The van der Waals surface area contributed by atoms with Crippen molar-refractivity contribution in [2.75, 3.05) is 5.32 Å². The SMILES string of the molecule is CC1Oc2ccc(Oc3ccnc4c3CCC(=O)N4)cc2C1C. The van der Waals surface area contributed by atoms with E-state index >= 15 is 0 Å². The van der Waals surface area contributed by atoms with Gasteiger partial charge in [-0.2, -0.15) is 0 Å². The third kappa shape index (κ3) is 2.42. The third-order valence-corrected chi connectivity index (χ3v) is 4.59. The number of hydrogen-bond donors (Lipinski definition) is 1. The molecule has 2 aromatic rings. The number of nitrogens with zero attached hydrogens (tertiary/aromatic N) is 1. The second-order valence-electron chi connectivity index (χ2n) is 6.10. The number of nitrogens with one attached hydrogen (secondary N) is 1. The molecule has 0 radical (unpaired) electrons. The summed E-state index contributed by atoms with van der Waals surface area (Å²) in [6, 6.07) is 7.75. The number of ether oxygens (including phenoxy) is 2. The minimum atomic E-state index is -0.000332. The summed E-state index contributed by atoms with van der Waals surface area (Å²) in [5, 5.41) is 2.79. The first kappa shape index (κ1) is 14.1. The molecule has 0 spiro atoms. The van der Waals surface area contributed by atoms with Crippen molar-refractivity contribution in [3.63, 3.8) is 0 Å². The number of carbonyl (C=O) groups is 1. The first-order chi connectivity index (χ1) is 11.1. The Morgan fingerprint density at radius 2 is 2.13 bits per heavy atom. The largest absolute Gasteiger partial charge is 0.490 e. The van der Waals surface area contributed by atoms with Crippen molar-refractivity contribution in [1.82, 2.24) is 4.98 Å². The highest BCUT2D eigenvalue weighted by molar-refractivity contribution is 5.93. The van der Waals surface area contributed by atoms with Crippen LogP contribution in [0.25, 0.3) is 0 Å². The topological polar surface area (TPSA) is 60.5 Å². The Kier molecular flexibility index (Phi) is 3.22. The highest BCUT2D eigenvalue weighted by atomic mass is 16.5. The van der Waals surface area contributed by atoms with Gasteiger partial charge >= 0.3 is 0 Å². The van der Waals surface area contributed by atoms with E-state index in [1.165, 1.54) is 5.56 Å². The van der Waals surface area contributed by atoms with E-state index in [9.17, 15) is 4.79 Å². The summed E-state index contributed by atoms with van der Waals surface area (Å²) in [6.07, 6.45) is 2.94. The van der Waals surface area contributed by atoms with Crippen LogP contribution >= 0.6 is 0 Å². The molecule has 2 atom stereocenters. The quantitative estimate of drug-likeness (QED) is 0.920. The van der Waals surface area contributed by atoms with Crippen LogP contribution in [0.3, 0.4) is 0 Å². The van der Waals surface area contributed by atoms with E-state index in [0.717, 1.165) is 22.8 Å². The first-order valence-corrected chi connectivity index (χ1v) is 7.88. The highest BCUT2D eigenvalue weighted by Gasteiger charge is 2.28. The second kappa shape index (κ2) is 5.26. The predicted molar refractivity (Wildman–Crippen MR) is 86.2 cm³/mol. The molecule has 1 amide bonds. The lowest BCUT2D eigenvalue weighted by molar-refractivity contribution is -0.116. The number of fused-ring (bicyclic) bond motifs is 2. The van der Waals surface area contributed by atoms with Gasteiger partial charge in [0.2, 0.25) is 5.91 Å². The van der Waals surface area contributed by atoms with Gasteiger partial charge < -0.3 is 14.8 Å². The maximum atomic E-state index is 11.5. The van der Waals surface area contributed by atoms with Crippen LogP contribution in [0.2, 0.25) is 0 Å². The fourth-order valence-electron chi connectivity index (χ4n) is 3.09. The van der Waals surface area contributed by atoms with Crippen molar-refractivity contribution in [3.8, 4) is 17.2 Å². The summed E-state index contributed by atoms with van der Waals surface area (Å²) < 4.78 is 11.9. The highest BCUT2D eigenvalue weighted by Crippen LogP contribution is 2.41. The molecule has 0 fully saturated rings. The first-order valence-electron chi connectivity index (χ1n) is 7.88. The Morgan fingerprint density at radius 3 is 3.00 bits per heavy atom. The van der Waals surface area contributed by atoms with Crippen molar-refractivity contribution in [1.29, 1.82) is 0 Å². The molecule has 0 aliphatic carbocycles. The van der Waals surface area contributed by atoms with Gasteiger partial charge in [-0.15, -0.1) is 0 Å². The molecule has 118 valence electrons. The van der Waals surface area contributed by atoms with Gasteiger partial charge in [-0.3, -0.25) is 4.79 Å². The van der Waals surface area contributed by atoms with Gasteiger partial charge in [0.05, 0.1) is 0 Å². The van der Waals surface area contributed by atoms with E-state index in [1.807, 2.05) is 24.3 Å². The number of carbonyl (C=O) groups excluding carboxylic acids is 1. The maximum absolute atomic E-state index is 11.5. The van der Waals surface area contributed by atoms with Gasteiger partial charge in [-0.05, 0) is 37.6 Å². The van der Waals surface area contributed by atoms with Crippen LogP contribution in [0, 0.1) is 0 Å². The Morgan fingerprint density at radius 1 is 1.26 bits per heavy atom. The summed E-state index contributed by atoms with van der Waals surface area (Å²) >= 11 is 0. The minimum absolute atomic E-state index is 0.000332. The van der Waals surface area contributed by atoms with Gasteiger partial charge in [-0.1, -0.05) is 6.92 Å². The number of benzene rings is 1. The van der Waals surface area contributed by atoms with Crippen LogP contribution in [-0.4, -0.2) is 17.0 Å². The smallest absolute Gasteiger partial charge is 0.225 e. The van der Waals surface area contributed by atoms with Crippen molar-refractivity contribution < 1.29 is 14.3 Å². The number of aromatic nitrogens is 1. The van der Waals surface area contributed by atoms with Gasteiger partial charge in [-0.25, -0.2) is 4.98 Å². The molecule has 4 rings (SSSR count). The fraction of sp³-hybridized carbons (Fsp3) is 0.333. The monoisotopic (exact) mass is 310 g/mol. The molecule has 0 saturated heterocycles. The van der Waals surface area contributed by atoms with Gasteiger partial charge in [0.25, 0.3) is 0 Å². The molecular formula is C18H18N2O3. The van der Waals surface area contributed by atoms with Crippen LogP contribution in [0.1, 0.15) is 37.3 Å². The zero-order valence-corrected chi connectivity index (χ0v) is 13.1. The average molecular weight is 310 g/mol. The van der Waals surface area contributed by atoms with E-state index < -0.39 is 0 Å². The Bertz CT molecular complexity index is 788. The predicted octanol–water partition coefficient (Wildman–Crippen LogP) is 3.64. The lowest BCUT2D eigenvalue weighted by Gasteiger charge is -2.19. The molecule has 5 heteroatoms. The molecule has 2 aliphatic rings. The second-order valence-corrected chi connectivity index (χ2v) is 6.10. The zero-order chi connectivity index (χ0) is 16.0. The van der Waals surface area contributed by atoms with Crippen molar-refractivity contribution >= 4 is 11.7 Å². The molecule has 3 heterocycles. The van der Waals surface area contributed by atoms with E-state index in [2.05, 4.69) is 24.1 Å². The molecule has 1 aromatic carbocycles. The molecule has 0 bridgehead atoms. The van der Waals surface area contributed by atoms with Crippen molar-refractivity contribution in [3.05, 3.63) is 41.6 Å². The standard InChI is InChI=1S/C18H18N2O3/c1-10-11(2)22-15-5-3-12(9-14(10)15)23-16-7-8-19-18-13(16)4-6-17(21)20-18/h3,5,7-11H,4,6H2,1-2H3,(H,19,20,21). The van der Waals surface area contributed by atoms with Crippen LogP contribution in [-0.2, 0) is 11.2 Å². The molecule has 5 nitrogen and oxygen atoms in total.